The second kappa shape index (κ2) is 6.22. The number of aromatic amines is 1. The number of pyridine rings is 1. The fourth-order valence-corrected chi connectivity index (χ4v) is 2.01. The average Bonchev–Trinajstić information content (AvgIpc) is 3.02. The van der Waals surface area contributed by atoms with Crippen LogP contribution in [0.25, 0.3) is 0 Å². The third-order valence-corrected chi connectivity index (χ3v) is 3.17. The van der Waals surface area contributed by atoms with Crippen molar-refractivity contribution in [1.82, 2.24) is 10.3 Å². The van der Waals surface area contributed by atoms with E-state index in [9.17, 15) is 14.4 Å². The van der Waals surface area contributed by atoms with Gasteiger partial charge in [0, 0.05) is 25.0 Å². The van der Waals surface area contributed by atoms with E-state index in [-0.39, 0.29) is 24.5 Å². The van der Waals surface area contributed by atoms with Crippen LogP contribution < -0.4 is 25.5 Å². The molecule has 3 rings (SSSR count). The van der Waals surface area contributed by atoms with Crippen LogP contribution >= 0.6 is 0 Å². The molecule has 0 atom stereocenters. The SMILES string of the molecule is O=C(NCc1ccc2c(c1)OCO2)C(=O)Nc1c[nH]ccc1=O. The quantitative estimate of drug-likeness (QED) is 0.708. The molecule has 0 radical (unpaired) electrons. The Morgan fingerprint density at radius 2 is 1.96 bits per heavy atom. The molecule has 0 aliphatic carbocycles. The molecule has 118 valence electrons. The molecule has 2 amide bonds. The molecule has 3 N–H and O–H groups in total. The van der Waals surface area contributed by atoms with E-state index in [2.05, 4.69) is 15.6 Å². The van der Waals surface area contributed by atoms with Gasteiger partial charge in [0.1, 0.15) is 5.69 Å². The van der Waals surface area contributed by atoms with Crippen LogP contribution in [-0.2, 0) is 16.1 Å². The summed E-state index contributed by atoms with van der Waals surface area (Å²) in [5.41, 5.74) is 0.379. The van der Waals surface area contributed by atoms with E-state index in [1.165, 1.54) is 18.5 Å². The van der Waals surface area contributed by atoms with E-state index in [0.29, 0.717) is 11.5 Å². The minimum Gasteiger partial charge on any atom is -0.454 e. The van der Waals surface area contributed by atoms with Crippen LogP contribution in [0.4, 0.5) is 5.69 Å². The lowest BCUT2D eigenvalue weighted by Gasteiger charge is -2.06. The van der Waals surface area contributed by atoms with Gasteiger partial charge in [0.15, 0.2) is 11.5 Å². The van der Waals surface area contributed by atoms with Gasteiger partial charge in [-0.3, -0.25) is 14.4 Å². The first-order chi connectivity index (χ1) is 11.1. The molecular weight excluding hydrogens is 302 g/mol. The Labute approximate surface area is 130 Å². The largest absolute Gasteiger partial charge is 0.454 e. The van der Waals surface area contributed by atoms with Crippen LogP contribution in [-0.4, -0.2) is 23.6 Å². The van der Waals surface area contributed by atoms with Crippen molar-refractivity contribution in [2.75, 3.05) is 12.1 Å². The first kappa shape index (κ1) is 14.6. The van der Waals surface area contributed by atoms with Crippen molar-refractivity contribution in [3.05, 3.63) is 52.4 Å². The number of carbonyl (C=O) groups excluding carboxylic acids is 2. The Morgan fingerprint density at radius 3 is 2.78 bits per heavy atom. The predicted octanol–water partition coefficient (Wildman–Crippen LogP) is 0.358. The van der Waals surface area contributed by atoms with Gasteiger partial charge in [0.2, 0.25) is 12.2 Å². The van der Waals surface area contributed by atoms with Crippen LogP contribution in [0, 0.1) is 0 Å². The zero-order valence-corrected chi connectivity index (χ0v) is 11.9. The molecular formula is C15H13N3O5. The number of rotatable bonds is 3. The second-order valence-corrected chi connectivity index (χ2v) is 4.75. The summed E-state index contributed by atoms with van der Waals surface area (Å²) in [6.45, 7) is 0.313. The lowest BCUT2D eigenvalue weighted by atomic mass is 10.2. The van der Waals surface area contributed by atoms with Gasteiger partial charge >= 0.3 is 11.8 Å². The first-order valence-electron chi connectivity index (χ1n) is 6.78. The van der Waals surface area contributed by atoms with Gasteiger partial charge in [-0.15, -0.1) is 0 Å². The standard InChI is InChI=1S/C15H13N3O5/c19-11-3-4-16-7-10(11)18-15(21)14(20)17-6-9-1-2-12-13(5-9)23-8-22-12/h1-5,7H,6,8H2,(H,16,19)(H,17,20)(H,18,21). The Hall–Kier alpha value is -3.29. The normalized spacial score (nSPS) is 11.8. The fourth-order valence-electron chi connectivity index (χ4n) is 2.01. The molecule has 1 aliphatic heterocycles. The highest BCUT2D eigenvalue weighted by Crippen LogP contribution is 2.32. The summed E-state index contributed by atoms with van der Waals surface area (Å²) in [6, 6.07) is 6.46. The second-order valence-electron chi connectivity index (χ2n) is 4.75. The van der Waals surface area contributed by atoms with Gasteiger partial charge in [0.25, 0.3) is 0 Å². The number of amides is 2. The van der Waals surface area contributed by atoms with Crippen LogP contribution in [0.15, 0.2) is 41.5 Å². The number of hydrogen-bond donors (Lipinski definition) is 3. The molecule has 0 bridgehead atoms. The number of hydrogen-bond acceptors (Lipinski definition) is 5. The highest BCUT2D eigenvalue weighted by atomic mass is 16.7. The lowest BCUT2D eigenvalue weighted by Crippen LogP contribution is -2.36. The van der Waals surface area contributed by atoms with E-state index >= 15 is 0 Å². The van der Waals surface area contributed by atoms with Crippen molar-refractivity contribution < 1.29 is 19.1 Å². The molecule has 0 saturated carbocycles. The molecule has 8 heteroatoms. The van der Waals surface area contributed by atoms with Gasteiger partial charge in [0.05, 0.1) is 0 Å². The van der Waals surface area contributed by atoms with Gasteiger partial charge in [-0.1, -0.05) is 6.07 Å². The Kier molecular flexibility index (Phi) is 3.96. The Bertz CT molecular complexity index is 815. The van der Waals surface area contributed by atoms with Crippen molar-refractivity contribution in [2.24, 2.45) is 0 Å². The highest BCUT2D eigenvalue weighted by molar-refractivity contribution is 6.39. The maximum atomic E-state index is 11.8. The van der Waals surface area contributed by atoms with Crippen molar-refractivity contribution in [3.63, 3.8) is 0 Å². The van der Waals surface area contributed by atoms with E-state index in [1.807, 2.05) is 0 Å². The number of fused-ring (bicyclic) bond motifs is 1. The topological polar surface area (TPSA) is 110 Å². The van der Waals surface area contributed by atoms with E-state index in [1.54, 1.807) is 18.2 Å². The lowest BCUT2D eigenvalue weighted by molar-refractivity contribution is -0.136. The summed E-state index contributed by atoms with van der Waals surface area (Å²) in [5.74, 6) is -0.522. The molecule has 1 aliphatic rings. The monoisotopic (exact) mass is 315 g/mol. The molecule has 0 saturated heterocycles. The zero-order chi connectivity index (χ0) is 16.2. The minimum atomic E-state index is -0.914. The molecule has 8 nitrogen and oxygen atoms in total. The molecule has 2 aromatic rings. The summed E-state index contributed by atoms with van der Waals surface area (Å²) in [4.78, 5) is 37.7. The summed E-state index contributed by atoms with van der Waals surface area (Å²) >= 11 is 0. The van der Waals surface area contributed by atoms with Crippen LogP contribution in [0.5, 0.6) is 11.5 Å². The predicted molar refractivity (Wildman–Crippen MR) is 80.1 cm³/mol. The number of aromatic nitrogens is 1. The highest BCUT2D eigenvalue weighted by Gasteiger charge is 2.16. The molecule has 1 aromatic heterocycles. The fraction of sp³-hybridized carbons (Fsp3) is 0.133. The van der Waals surface area contributed by atoms with Gasteiger partial charge in [-0.25, -0.2) is 0 Å². The van der Waals surface area contributed by atoms with Gasteiger partial charge < -0.3 is 25.1 Å². The summed E-state index contributed by atoms with van der Waals surface area (Å²) < 4.78 is 10.4. The molecule has 0 unspecified atom stereocenters. The van der Waals surface area contributed by atoms with Crippen LogP contribution in [0.2, 0.25) is 0 Å². The molecule has 2 heterocycles. The van der Waals surface area contributed by atoms with E-state index in [0.717, 1.165) is 5.56 Å². The van der Waals surface area contributed by atoms with Crippen LogP contribution in [0.1, 0.15) is 5.56 Å². The smallest absolute Gasteiger partial charge is 0.313 e. The summed E-state index contributed by atoms with van der Waals surface area (Å²) in [5, 5.41) is 4.72. The Balaban J connectivity index is 1.58. The zero-order valence-electron chi connectivity index (χ0n) is 11.9. The molecule has 0 spiro atoms. The number of carbonyl (C=O) groups is 2. The number of benzene rings is 1. The van der Waals surface area contributed by atoms with Gasteiger partial charge in [-0.2, -0.15) is 0 Å². The van der Waals surface area contributed by atoms with Crippen molar-refractivity contribution >= 4 is 17.5 Å². The summed E-state index contributed by atoms with van der Waals surface area (Å²) in [6.07, 6.45) is 2.74. The molecule has 0 fully saturated rings. The van der Waals surface area contributed by atoms with E-state index < -0.39 is 11.8 Å². The maximum absolute atomic E-state index is 11.8. The average molecular weight is 315 g/mol. The van der Waals surface area contributed by atoms with Crippen molar-refractivity contribution in [3.8, 4) is 11.5 Å². The maximum Gasteiger partial charge on any atom is 0.313 e. The first-order valence-corrected chi connectivity index (χ1v) is 6.78. The number of H-pyrrole nitrogens is 1. The number of nitrogens with one attached hydrogen (secondary N) is 3. The third kappa shape index (κ3) is 3.31. The third-order valence-electron chi connectivity index (χ3n) is 3.17. The Morgan fingerprint density at radius 1 is 1.13 bits per heavy atom. The number of ether oxygens (including phenoxy) is 2. The molecule has 23 heavy (non-hydrogen) atoms. The molecule has 1 aromatic carbocycles. The van der Waals surface area contributed by atoms with Crippen molar-refractivity contribution in [2.45, 2.75) is 6.54 Å². The van der Waals surface area contributed by atoms with Crippen molar-refractivity contribution in [1.29, 1.82) is 0 Å². The van der Waals surface area contributed by atoms with E-state index in [4.69, 9.17) is 9.47 Å². The van der Waals surface area contributed by atoms with Gasteiger partial charge in [-0.05, 0) is 17.7 Å². The van der Waals surface area contributed by atoms with Crippen LogP contribution in [0.3, 0.4) is 0 Å². The number of anilines is 1. The minimum absolute atomic E-state index is 0.00993. The summed E-state index contributed by atoms with van der Waals surface area (Å²) in [7, 11) is 0.